The van der Waals surface area contributed by atoms with Crippen molar-refractivity contribution in [2.45, 2.75) is 6.92 Å². The van der Waals surface area contributed by atoms with Crippen LogP contribution in [-0.4, -0.2) is 20.7 Å². The number of rotatable bonds is 2. The number of aromatic nitrogens is 3. The summed E-state index contributed by atoms with van der Waals surface area (Å²) in [5.41, 5.74) is 7.45. The van der Waals surface area contributed by atoms with E-state index in [-0.39, 0.29) is 5.91 Å². The Morgan fingerprint density at radius 3 is 2.88 bits per heavy atom. The highest BCUT2D eigenvalue weighted by atomic mass is 16.1. The predicted octanol–water partition coefficient (Wildman–Crippen LogP) is 0.958. The zero-order chi connectivity index (χ0) is 12.4. The topological polar surface area (TPSA) is 85.8 Å². The highest BCUT2D eigenvalue weighted by molar-refractivity contribution is 6.05. The molecule has 2 heterocycles. The van der Waals surface area contributed by atoms with Crippen molar-refractivity contribution in [3.63, 3.8) is 0 Å². The van der Waals surface area contributed by atoms with E-state index in [9.17, 15) is 4.79 Å². The monoisotopic (exact) mass is 231 g/mol. The van der Waals surface area contributed by atoms with Crippen molar-refractivity contribution in [2.24, 2.45) is 7.05 Å². The lowest BCUT2D eigenvalue weighted by Crippen LogP contribution is -2.15. The molecule has 2 aromatic heterocycles. The van der Waals surface area contributed by atoms with Crippen molar-refractivity contribution in [2.75, 3.05) is 11.1 Å². The molecular weight excluding hydrogens is 218 g/mol. The van der Waals surface area contributed by atoms with Crippen molar-refractivity contribution in [3.05, 3.63) is 35.8 Å². The fraction of sp³-hybridized carbons (Fsp3) is 0.182. The molecule has 6 heteroatoms. The summed E-state index contributed by atoms with van der Waals surface area (Å²) >= 11 is 0. The number of nitrogen functional groups attached to an aromatic ring is 1. The van der Waals surface area contributed by atoms with Crippen molar-refractivity contribution in [1.82, 2.24) is 14.8 Å². The lowest BCUT2D eigenvalue weighted by Gasteiger charge is -2.06. The van der Waals surface area contributed by atoms with Crippen molar-refractivity contribution in [3.8, 4) is 0 Å². The molecule has 17 heavy (non-hydrogen) atoms. The second kappa shape index (κ2) is 4.25. The first-order valence-electron chi connectivity index (χ1n) is 5.09. The van der Waals surface area contributed by atoms with E-state index >= 15 is 0 Å². The van der Waals surface area contributed by atoms with Crippen molar-refractivity contribution < 1.29 is 4.79 Å². The molecule has 0 saturated heterocycles. The van der Waals surface area contributed by atoms with Crippen LogP contribution in [-0.2, 0) is 7.05 Å². The predicted molar refractivity (Wildman–Crippen MR) is 64.5 cm³/mol. The molecule has 6 nitrogen and oxygen atoms in total. The summed E-state index contributed by atoms with van der Waals surface area (Å²) in [4.78, 5) is 16.0. The number of nitrogens with two attached hydrogens (primary N) is 1. The molecule has 1 amide bonds. The van der Waals surface area contributed by atoms with Gasteiger partial charge in [0.25, 0.3) is 5.91 Å². The smallest absolute Gasteiger partial charge is 0.256 e. The number of carbonyl (C=O) groups is 1. The largest absolute Gasteiger partial charge is 0.394 e. The third-order valence-corrected chi connectivity index (χ3v) is 2.36. The summed E-state index contributed by atoms with van der Waals surface area (Å²) in [6.45, 7) is 1.83. The number of hydrogen-bond acceptors (Lipinski definition) is 4. The molecule has 0 aliphatic rings. The van der Waals surface area contributed by atoms with Gasteiger partial charge in [-0.1, -0.05) is 0 Å². The maximum absolute atomic E-state index is 11.9. The van der Waals surface area contributed by atoms with Crippen LogP contribution in [0.25, 0.3) is 0 Å². The summed E-state index contributed by atoms with van der Waals surface area (Å²) < 4.78 is 1.52. The SMILES string of the molecule is Cc1cc(C(=O)Nc2c(N)cnn2C)ccn1. The van der Waals surface area contributed by atoms with E-state index in [1.165, 1.54) is 10.9 Å². The third-order valence-electron chi connectivity index (χ3n) is 2.36. The van der Waals surface area contributed by atoms with Crippen LogP contribution < -0.4 is 11.1 Å². The summed E-state index contributed by atoms with van der Waals surface area (Å²) in [7, 11) is 1.71. The Morgan fingerprint density at radius 2 is 2.29 bits per heavy atom. The Labute approximate surface area is 98.5 Å². The van der Waals surface area contributed by atoms with E-state index in [0.29, 0.717) is 17.1 Å². The van der Waals surface area contributed by atoms with Gasteiger partial charge in [-0.3, -0.25) is 14.5 Å². The molecule has 0 fully saturated rings. The van der Waals surface area contributed by atoms with E-state index in [1.807, 2.05) is 6.92 Å². The first kappa shape index (κ1) is 11.1. The van der Waals surface area contributed by atoms with Crippen LogP contribution in [0, 0.1) is 6.92 Å². The molecule has 2 aromatic rings. The van der Waals surface area contributed by atoms with E-state index < -0.39 is 0 Å². The van der Waals surface area contributed by atoms with Crippen LogP contribution in [0.15, 0.2) is 24.5 Å². The Hall–Kier alpha value is -2.37. The molecule has 0 aromatic carbocycles. The molecular formula is C11H13N5O. The Balaban J connectivity index is 2.23. The van der Waals surface area contributed by atoms with Gasteiger partial charge in [0.1, 0.15) is 0 Å². The number of anilines is 2. The molecule has 0 saturated carbocycles. The number of carbonyl (C=O) groups excluding carboxylic acids is 1. The zero-order valence-corrected chi connectivity index (χ0v) is 9.64. The van der Waals surface area contributed by atoms with Crippen LogP contribution >= 0.6 is 0 Å². The zero-order valence-electron chi connectivity index (χ0n) is 9.64. The van der Waals surface area contributed by atoms with Crippen molar-refractivity contribution in [1.29, 1.82) is 0 Å². The number of nitrogens with zero attached hydrogens (tertiary/aromatic N) is 3. The molecule has 0 aliphatic carbocycles. The Bertz CT molecular complexity index is 541. The maximum Gasteiger partial charge on any atom is 0.256 e. The number of amides is 1. The van der Waals surface area contributed by atoms with Crippen LogP contribution in [0.2, 0.25) is 0 Å². The highest BCUT2D eigenvalue weighted by Gasteiger charge is 2.11. The van der Waals surface area contributed by atoms with Gasteiger partial charge in [0.2, 0.25) is 0 Å². The summed E-state index contributed by atoms with van der Waals surface area (Å²) in [6, 6.07) is 3.36. The van der Waals surface area contributed by atoms with Crippen LogP contribution in [0.1, 0.15) is 16.1 Å². The molecule has 3 N–H and O–H groups in total. The van der Waals surface area contributed by atoms with Crippen LogP contribution in [0.3, 0.4) is 0 Å². The minimum atomic E-state index is -0.231. The van der Waals surface area contributed by atoms with E-state index in [4.69, 9.17) is 5.73 Å². The van der Waals surface area contributed by atoms with Gasteiger partial charge in [0.05, 0.1) is 11.9 Å². The minimum absolute atomic E-state index is 0.231. The maximum atomic E-state index is 11.9. The molecule has 0 bridgehead atoms. The van der Waals surface area contributed by atoms with E-state index in [1.54, 1.807) is 25.4 Å². The lowest BCUT2D eigenvalue weighted by atomic mass is 10.2. The average molecular weight is 231 g/mol. The van der Waals surface area contributed by atoms with Gasteiger partial charge in [-0.05, 0) is 19.1 Å². The van der Waals surface area contributed by atoms with Gasteiger partial charge in [0.15, 0.2) is 5.82 Å². The Morgan fingerprint density at radius 1 is 1.53 bits per heavy atom. The van der Waals surface area contributed by atoms with Crippen molar-refractivity contribution >= 4 is 17.4 Å². The summed E-state index contributed by atoms with van der Waals surface area (Å²) in [5, 5.41) is 6.66. The van der Waals surface area contributed by atoms with Gasteiger partial charge in [0, 0.05) is 24.5 Å². The first-order valence-corrected chi connectivity index (χ1v) is 5.09. The number of hydrogen-bond donors (Lipinski definition) is 2. The van der Waals surface area contributed by atoms with Crippen LogP contribution in [0.4, 0.5) is 11.5 Å². The normalized spacial score (nSPS) is 10.2. The molecule has 2 rings (SSSR count). The standard InChI is InChI=1S/C11H13N5O/c1-7-5-8(3-4-13-7)11(17)15-10-9(12)6-14-16(10)2/h3-6H,12H2,1-2H3,(H,15,17). The fourth-order valence-corrected chi connectivity index (χ4v) is 1.47. The van der Waals surface area contributed by atoms with Gasteiger partial charge in [-0.15, -0.1) is 0 Å². The molecule has 0 unspecified atom stereocenters. The van der Waals surface area contributed by atoms with Crippen LogP contribution in [0.5, 0.6) is 0 Å². The molecule has 0 aliphatic heterocycles. The highest BCUT2D eigenvalue weighted by Crippen LogP contribution is 2.16. The second-order valence-electron chi connectivity index (χ2n) is 3.71. The number of nitrogens with one attached hydrogen (secondary N) is 1. The second-order valence-corrected chi connectivity index (χ2v) is 3.71. The van der Waals surface area contributed by atoms with E-state index in [2.05, 4.69) is 15.4 Å². The molecule has 0 atom stereocenters. The molecule has 88 valence electrons. The number of pyridine rings is 1. The van der Waals surface area contributed by atoms with Gasteiger partial charge >= 0.3 is 0 Å². The fourth-order valence-electron chi connectivity index (χ4n) is 1.47. The minimum Gasteiger partial charge on any atom is -0.394 e. The van der Waals surface area contributed by atoms with E-state index in [0.717, 1.165) is 5.69 Å². The van der Waals surface area contributed by atoms with Gasteiger partial charge < -0.3 is 11.1 Å². The average Bonchev–Trinajstić information content (AvgIpc) is 2.61. The summed E-state index contributed by atoms with van der Waals surface area (Å²) in [5.74, 6) is 0.260. The lowest BCUT2D eigenvalue weighted by molar-refractivity contribution is 0.102. The van der Waals surface area contributed by atoms with Gasteiger partial charge in [-0.2, -0.15) is 5.10 Å². The quantitative estimate of drug-likeness (QED) is 0.806. The molecule has 0 spiro atoms. The first-order chi connectivity index (χ1) is 8.08. The third kappa shape index (κ3) is 2.25. The molecule has 0 radical (unpaired) electrons. The summed E-state index contributed by atoms with van der Waals surface area (Å²) in [6.07, 6.45) is 3.09. The Kier molecular flexibility index (Phi) is 2.78. The van der Waals surface area contributed by atoms with Gasteiger partial charge in [-0.25, -0.2) is 0 Å². The number of aryl methyl sites for hydroxylation is 2.